The number of halogens is 1. The number of hydrogen-bond donors (Lipinski definition) is 3. The molecular formula is C16H19BrN4O3S. The summed E-state index contributed by atoms with van der Waals surface area (Å²) in [6, 6.07) is 7.28. The third-order valence-corrected chi connectivity index (χ3v) is 4.72. The fraction of sp³-hybridized carbons (Fsp3) is 0.312. The van der Waals surface area contributed by atoms with E-state index in [1.165, 1.54) is 18.0 Å². The topological polar surface area (TPSA) is 96.2 Å². The average molecular weight is 427 g/mol. The summed E-state index contributed by atoms with van der Waals surface area (Å²) in [5.74, 6) is -0.199. The van der Waals surface area contributed by atoms with Crippen molar-refractivity contribution >= 4 is 45.2 Å². The normalized spacial score (nSPS) is 10.5. The molecule has 1 heterocycles. The molecule has 3 N–H and O–H groups in total. The molecule has 2 aromatic rings. The van der Waals surface area contributed by atoms with Gasteiger partial charge in [0, 0.05) is 16.7 Å². The summed E-state index contributed by atoms with van der Waals surface area (Å²) in [6.07, 6.45) is 1.51. The van der Waals surface area contributed by atoms with Crippen LogP contribution in [0.15, 0.2) is 40.1 Å². The fourth-order valence-corrected chi connectivity index (χ4v) is 3.12. The highest BCUT2D eigenvalue weighted by Gasteiger charge is 2.14. The van der Waals surface area contributed by atoms with Crippen LogP contribution in [0.1, 0.15) is 12.6 Å². The van der Waals surface area contributed by atoms with Gasteiger partial charge in [-0.1, -0.05) is 27.7 Å². The molecule has 0 spiro atoms. The van der Waals surface area contributed by atoms with Crippen LogP contribution >= 0.6 is 27.7 Å². The van der Waals surface area contributed by atoms with E-state index in [2.05, 4.69) is 31.5 Å². The van der Waals surface area contributed by atoms with Crippen molar-refractivity contribution in [2.75, 3.05) is 17.6 Å². The third kappa shape index (κ3) is 5.87. The molecule has 2 rings (SSSR count). The van der Waals surface area contributed by atoms with Gasteiger partial charge in [0.1, 0.15) is 6.54 Å². The van der Waals surface area contributed by atoms with E-state index in [9.17, 15) is 14.7 Å². The highest BCUT2D eigenvalue weighted by atomic mass is 79.9. The minimum absolute atomic E-state index is 0.0560. The standard InChI is InChI=1S/C16H19BrN4O3S/c1-2-18-14(23)8-21-13(9-22)7-19-16(21)25-10-15(24)20-12-5-3-11(17)4-6-12/h3-7,22H,2,8-10H2,1H3,(H,18,23)(H,20,24). The molecule has 1 aromatic heterocycles. The summed E-state index contributed by atoms with van der Waals surface area (Å²) >= 11 is 4.55. The van der Waals surface area contributed by atoms with Crippen molar-refractivity contribution in [3.63, 3.8) is 0 Å². The minimum Gasteiger partial charge on any atom is -0.390 e. The number of anilines is 1. The Labute approximate surface area is 158 Å². The summed E-state index contributed by atoms with van der Waals surface area (Å²) < 4.78 is 2.55. The molecule has 0 radical (unpaired) electrons. The summed E-state index contributed by atoms with van der Waals surface area (Å²) in [6.45, 7) is 2.19. The molecule has 2 amide bonds. The van der Waals surface area contributed by atoms with Crippen molar-refractivity contribution in [1.29, 1.82) is 0 Å². The average Bonchev–Trinajstić information content (AvgIpc) is 2.97. The SMILES string of the molecule is CCNC(=O)Cn1c(CO)cnc1SCC(=O)Nc1ccc(Br)cc1. The Morgan fingerprint density at radius 1 is 1.28 bits per heavy atom. The Morgan fingerprint density at radius 3 is 2.64 bits per heavy atom. The first-order chi connectivity index (χ1) is 12.0. The van der Waals surface area contributed by atoms with Crippen molar-refractivity contribution in [3.05, 3.63) is 40.6 Å². The number of rotatable bonds is 8. The van der Waals surface area contributed by atoms with Crippen LogP contribution in [-0.2, 0) is 22.7 Å². The van der Waals surface area contributed by atoms with Crippen molar-refractivity contribution in [3.8, 4) is 0 Å². The maximum Gasteiger partial charge on any atom is 0.240 e. The van der Waals surface area contributed by atoms with E-state index in [1.807, 2.05) is 19.1 Å². The highest BCUT2D eigenvalue weighted by molar-refractivity contribution is 9.10. The number of likely N-dealkylation sites (N-methyl/N-ethyl adjacent to an activating group) is 1. The highest BCUT2D eigenvalue weighted by Crippen LogP contribution is 2.20. The Bertz CT molecular complexity index is 733. The number of thioether (sulfide) groups is 1. The number of nitrogens with zero attached hydrogens (tertiary/aromatic N) is 2. The third-order valence-electron chi connectivity index (χ3n) is 3.20. The van der Waals surface area contributed by atoms with E-state index in [0.29, 0.717) is 23.1 Å². The number of nitrogens with one attached hydrogen (secondary N) is 2. The van der Waals surface area contributed by atoms with Gasteiger partial charge in [-0.15, -0.1) is 0 Å². The minimum atomic E-state index is -0.224. The molecule has 0 aliphatic rings. The van der Waals surface area contributed by atoms with Gasteiger partial charge in [-0.3, -0.25) is 9.59 Å². The quantitative estimate of drug-likeness (QED) is 0.561. The maximum atomic E-state index is 12.1. The lowest BCUT2D eigenvalue weighted by Crippen LogP contribution is -2.28. The zero-order chi connectivity index (χ0) is 18.2. The van der Waals surface area contributed by atoms with Gasteiger partial charge >= 0.3 is 0 Å². The molecule has 0 saturated heterocycles. The molecule has 0 atom stereocenters. The Hall–Kier alpha value is -1.84. The largest absolute Gasteiger partial charge is 0.390 e. The lowest BCUT2D eigenvalue weighted by Gasteiger charge is -2.10. The van der Waals surface area contributed by atoms with Crippen LogP contribution in [-0.4, -0.2) is 38.8 Å². The van der Waals surface area contributed by atoms with E-state index in [1.54, 1.807) is 16.7 Å². The molecule has 0 fully saturated rings. The van der Waals surface area contributed by atoms with Gasteiger partial charge < -0.3 is 20.3 Å². The lowest BCUT2D eigenvalue weighted by molar-refractivity contribution is -0.121. The summed E-state index contributed by atoms with van der Waals surface area (Å²) in [5, 5.41) is 15.4. The van der Waals surface area contributed by atoms with Crippen LogP contribution in [0, 0.1) is 0 Å². The number of carbonyl (C=O) groups is 2. The molecule has 9 heteroatoms. The number of hydrogen-bond acceptors (Lipinski definition) is 5. The number of carbonyl (C=O) groups excluding carboxylic acids is 2. The van der Waals surface area contributed by atoms with Crippen molar-refractivity contribution < 1.29 is 14.7 Å². The number of benzene rings is 1. The first kappa shape index (κ1) is 19.5. The number of imidazole rings is 1. The van der Waals surface area contributed by atoms with Crippen LogP contribution in [0.5, 0.6) is 0 Å². The van der Waals surface area contributed by atoms with Gasteiger partial charge in [0.2, 0.25) is 11.8 Å². The van der Waals surface area contributed by atoms with E-state index in [4.69, 9.17) is 0 Å². The van der Waals surface area contributed by atoms with Crippen LogP contribution in [0.2, 0.25) is 0 Å². The molecule has 0 bridgehead atoms. The van der Waals surface area contributed by atoms with Crippen LogP contribution in [0.25, 0.3) is 0 Å². The zero-order valence-electron chi connectivity index (χ0n) is 13.7. The van der Waals surface area contributed by atoms with Crippen LogP contribution in [0.3, 0.4) is 0 Å². The van der Waals surface area contributed by atoms with Crippen LogP contribution in [0.4, 0.5) is 5.69 Å². The molecule has 0 aliphatic heterocycles. The number of aliphatic hydroxyl groups excluding tert-OH is 1. The van der Waals surface area contributed by atoms with Gasteiger partial charge in [0.25, 0.3) is 0 Å². The second kappa shape index (κ2) is 9.59. The molecule has 1 aromatic carbocycles. The predicted octanol–water partition coefficient (Wildman–Crippen LogP) is 2.00. The second-order valence-electron chi connectivity index (χ2n) is 5.07. The first-order valence-electron chi connectivity index (χ1n) is 7.63. The van der Waals surface area contributed by atoms with E-state index in [-0.39, 0.29) is 30.7 Å². The summed E-state index contributed by atoms with van der Waals surface area (Å²) in [5.41, 5.74) is 1.23. The summed E-state index contributed by atoms with van der Waals surface area (Å²) in [4.78, 5) is 28.1. The monoisotopic (exact) mass is 426 g/mol. The van der Waals surface area contributed by atoms with Crippen LogP contribution < -0.4 is 10.6 Å². The maximum absolute atomic E-state index is 12.1. The molecule has 25 heavy (non-hydrogen) atoms. The lowest BCUT2D eigenvalue weighted by atomic mass is 10.3. The molecular weight excluding hydrogens is 408 g/mol. The van der Waals surface area contributed by atoms with E-state index in [0.717, 1.165) is 4.47 Å². The second-order valence-corrected chi connectivity index (χ2v) is 6.93. The fourth-order valence-electron chi connectivity index (χ4n) is 2.06. The van der Waals surface area contributed by atoms with Crippen molar-refractivity contribution in [2.24, 2.45) is 0 Å². The molecule has 134 valence electrons. The van der Waals surface area contributed by atoms with E-state index >= 15 is 0 Å². The van der Waals surface area contributed by atoms with Gasteiger partial charge in [0.15, 0.2) is 5.16 Å². The zero-order valence-corrected chi connectivity index (χ0v) is 16.1. The predicted molar refractivity (Wildman–Crippen MR) is 100 cm³/mol. The number of aromatic nitrogens is 2. The Kier molecular flexibility index (Phi) is 7.48. The smallest absolute Gasteiger partial charge is 0.240 e. The van der Waals surface area contributed by atoms with Crippen molar-refractivity contribution in [2.45, 2.75) is 25.2 Å². The van der Waals surface area contributed by atoms with Gasteiger partial charge in [0.05, 0.1) is 24.3 Å². The number of aliphatic hydroxyl groups is 1. The number of amides is 2. The van der Waals surface area contributed by atoms with Gasteiger partial charge in [-0.25, -0.2) is 4.98 Å². The molecule has 0 aliphatic carbocycles. The van der Waals surface area contributed by atoms with Gasteiger partial charge in [-0.05, 0) is 31.2 Å². The first-order valence-corrected chi connectivity index (χ1v) is 9.41. The Morgan fingerprint density at radius 2 is 2.00 bits per heavy atom. The van der Waals surface area contributed by atoms with E-state index < -0.39 is 0 Å². The molecule has 0 saturated carbocycles. The molecule has 7 nitrogen and oxygen atoms in total. The Balaban J connectivity index is 1.97. The molecule has 0 unspecified atom stereocenters. The van der Waals surface area contributed by atoms with Crippen molar-refractivity contribution in [1.82, 2.24) is 14.9 Å². The van der Waals surface area contributed by atoms with Gasteiger partial charge in [-0.2, -0.15) is 0 Å². The summed E-state index contributed by atoms with van der Waals surface area (Å²) in [7, 11) is 0.